The van der Waals surface area contributed by atoms with Gasteiger partial charge in [0.25, 0.3) is 0 Å². The molecule has 2 unspecified atom stereocenters. The van der Waals surface area contributed by atoms with Crippen LogP contribution in [0.5, 0.6) is 0 Å². The average Bonchev–Trinajstić information content (AvgIpc) is 3.01. The number of carbonyl (C=O) groups excluding carboxylic acids is 2. The Morgan fingerprint density at radius 3 is 1.82 bits per heavy atom. The molecule has 0 aromatic heterocycles. The van der Waals surface area contributed by atoms with Gasteiger partial charge in [-0.25, -0.2) is 0 Å². The van der Waals surface area contributed by atoms with E-state index in [2.05, 4.69) is 63.3 Å². The highest BCUT2D eigenvalue weighted by Gasteiger charge is 2.16. The number of aliphatic hydroxyl groups excluding tert-OH is 2. The number of hydrogen-bond donors (Lipinski definition) is 2. The Kier molecular flexibility index (Phi) is 30.6. The van der Waals surface area contributed by atoms with Gasteiger partial charge < -0.3 is 19.7 Å². The fourth-order valence-electron chi connectivity index (χ4n) is 4.65. The monoisotopic (exact) mass is 618 g/mol. The molecule has 44 heavy (non-hydrogen) atoms. The number of carbonyl (C=O) groups is 2. The molecule has 6 heteroatoms. The molecule has 0 amide bonds. The second-order valence-electron chi connectivity index (χ2n) is 12.0. The highest BCUT2D eigenvalue weighted by Crippen LogP contribution is 2.15. The number of unbranched alkanes of at least 4 members (excludes halogenated alkanes) is 8. The summed E-state index contributed by atoms with van der Waals surface area (Å²) >= 11 is 0. The topological polar surface area (TPSA) is 93.1 Å². The summed E-state index contributed by atoms with van der Waals surface area (Å²) in [7, 11) is 0. The lowest BCUT2D eigenvalue weighted by Crippen LogP contribution is -2.28. The van der Waals surface area contributed by atoms with Gasteiger partial charge in [0, 0.05) is 12.8 Å². The number of rotatable bonds is 30. The van der Waals surface area contributed by atoms with E-state index in [0.717, 1.165) is 70.1 Å². The number of allylic oxidation sites excluding steroid dienone is 7. The molecule has 0 saturated carbocycles. The molecule has 0 aromatic rings. The minimum Gasteiger partial charge on any atom is -0.462 e. The van der Waals surface area contributed by atoms with Crippen LogP contribution in [0.4, 0.5) is 0 Å². The molecule has 0 spiro atoms. The molecular formula is C38H66O6. The Balaban J connectivity index is 3.75. The molecule has 0 aliphatic heterocycles. The molecule has 0 saturated heterocycles. The van der Waals surface area contributed by atoms with E-state index < -0.39 is 6.10 Å². The van der Waals surface area contributed by atoms with Gasteiger partial charge in [0.15, 0.2) is 6.10 Å². The second-order valence-corrected chi connectivity index (χ2v) is 12.0. The highest BCUT2D eigenvalue weighted by atomic mass is 16.6. The van der Waals surface area contributed by atoms with Crippen molar-refractivity contribution in [2.75, 3.05) is 13.2 Å². The van der Waals surface area contributed by atoms with E-state index in [-0.39, 0.29) is 37.7 Å². The first-order chi connectivity index (χ1) is 21.4. The van der Waals surface area contributed by atoms with Gasteiger partial charge in [-0.05, 0) is 57.3 Å². The first-order valence-electron chi connectivity index (χ1n) is 17.7. The van der Waals surface area contributed by atoms with E-state index in [4.69, 9.17) is 9.47 Å². The first-order valence-corrected chi connectivity index (χ1v) is 17.7. The maximum absolute atomic E-state index is 12.1. The van der Waals surface area contributed by atoms with Crippen LogP contribution in [-0.2, 0) is 19.1 Å². The number of aliphatic hydroxyl groups is 2. The van der Waals surface area contributed by atoms with E-state index in [1.54, 1.807) is 0 Å². The largest absolute Gasteiger partial charge is 0.462 e. The summed E-state index contributed by atoms with van der Waals surface area (Å²) in [5.41, 5.74) is 0. The zero-order chi connectivity index (χ0) is 32.5. The fourth-order valence-corrected chi connectivity index (χ4v) is 4.65. The highest BCUT2D eigenvalue weighted by molar-refractivity contribution is 5.70. The molecule has 0 rings (SSSR count). The summed E-state index contributed by atoms with van der Waals surface area (Å²) in [6, 6.07) is 0. The third-order valence-corrected chi connectivity index (χ3v) is 7.72. The summed E-state index contributed by atoms with van der Waals surface area (Å²) in [5, 5.41) is 19.2. The summed E-state index contributed by atoms with van der Waals surface area (Å²) in [5.74, 6) is 0.167. The van der Waals surface area contributed by atoms with Crippen LogP contribution in [-0.4, -0.2) is 47.6 Å². The van der Waals surface area contributed by atoms with Gasteiger partial charge in [0.2, 0.25) is 0 Å². The Morgan fingerprint density at radius 2 is 1.23 bits per heavy atom. The summed E-state index contributed by atoms with van der Waals surface area (Å²) in [6.45, 7) is 6.21. The molecule has 6 nitrogen and oxygen atoms in total. The predicted molar refractivity (Wildman–Crippen MR) is 183 cm³/mol. The van der Waals surface area contributed by atoms with Crippen molar-refractivity contribution in [3.8, 4) is 0 Å². The lowest BCUT2D eigenvalue weighted by atomic mass is 9.99. The zero-order valence-electron chi connectivity index (χ0n) is 28.4. The third-order valence-electron chi connectivity index (χ3n) is 7.72. The van der Waals surface area contributed by atoms with Crippen LogP contribution in [0.15, 0.2) is 48.6 Å². The van der Waals surface area contributed by atoms with Gasteiger partial charge in [-0.3, -0.25) is 9.59 Å². The predicted octanol–water partition coefficient (Wildman–Crippen LogP) is 9.50. The molecule has 0 aromatic carbocycles. The van der Waals surface area contributed by atoms with E-state index in [1.165, 1.54) is 44.9 Å². The van der Waals surface area contributed by atoms with Crippen molar-refractivity contribution >= 4 is 11.9 Å². The van der Waals surface area contributed by atoms with E-state index in [9.17, 15) is 19.8 Å². The maximum atomic E-state index is 12.1. The first kappa shape index (κ1) is 41.8. The smallest absolute Gasteiger partial charge is 0.306 e. The van der Waals surface area contributed by atoms with Crippen LogP contribution in [0.3, 0.4) is 0 Å². The average molecular weight is 619 g/mol. The molecular weight excluding hydrogens is 552 g/mol. The van der Waals surface area contributed by atoms with E-state index in [1.807, 2.05) is 6.08 Å². The van der Waals surface area contributed by atoms with Crippen molar-refractivity contribution in [2.45, 2.75) is 161 Å². The number of hydrogen-bond acceptors (Lipinski definition) is 6. The minimum absolute atomic E-state index is 0.0982. The van der Waals surface area contributed by atoms with Crippen molar-refractivity contribution in [3.63, 3.8) is 0 Å². The van der Waals surface area contributed by atoms with E-state index >= 15 is 0 Å². The third kappa shape index (κ3) is 29.9. The molecule has 2 N–H and O–H groups in total. The normalized spacial score (nSPS) is 14.2. The van der Waals surface area contributed by atoms with Crippen LogP contribution >= 0.6 is 0 Å². The van der Waals surface area contributed by atoms with Crippen LogP contribution in [0.1, 0.15) is 149 Å². The standard InChI is InChI=1S/C38H66O6/c1-4-27-35(40)29-24-20-16-11-9-7-6-8-10-12-18-22-26-31-38(42)44-36(32-39)33-43-37(41)30-25-21-17-14-13-15-19-23-28-34(3)5-2/h6,8-9,11-12,18,20,24,34-36,39-40H,4-5,7,10,13-17,19,21-23,25-33H2,1-3H3/b8-6-,11-9-,18-12-,24-20-/t34?,35?,36-/m0/s1. The van der Waals surface area contributed by atoms with Gasteiger partial charge in [0.05, 0.1) is 12.7 Å². The lowest BCUT2D eigenvalue weighted by Gasteiger charge is -2.15. The molecule has 0 aliphatic rings. The fraction of sp³-hybridized carbons (Fsp3) is 0.737. The molecule has 254 valence electrons. The molecule has 0 fully saturated rings. The van der Waals surface area contributed by atoms with Gasteiger partial charge in [0.1, 0.15) is 6.61 Å². The molecule has 0 bridgehead atoms. The molecule has 0 radical (unpaired) electrons. The lowest BCUT2D eigenvalue weighted by molar-refractivity contribution is -0.161. The molecule has 0 heterocycles. The van der Waals surface area contributed by atoms with Gasteiger partial charge >= 0.3 is 11.9 Å². The number of esters is 2. The van der Waals surface area contributed by atoms with Crippen LogP contribution < -0.4 is 0 Å². The molecule has 3 atom stereocenters. The Bertz CT molecular complexity index is 784. The Labute approximate surface area is 270 Å². The summed E-state index contributed by atoms with van der Waals surface area (Å²) < 4.78 is 10.5. The van der Waals surface area contributed by atoms with Gasteiger partial charge in [-0.1, -0.05) is 134 Å². The van der Waals surface area contributed by atoms with Crippen molar-refractivity contribution in [1.82, 2.24) is 0 Å². The second kappa shape index (κ2) is 32.2. The quantitative estimate of drug-likeness (QED) is 0.0473. The van der Waals surface area contributed by atoms with Crippen molar-refractivity contribution < 1.29 is 29.3 Å². The summed E-state index contributed by atoms with van der Waals surface area (Å²) in [4.78, 5) is 24.1. The van der Waals surface area contributed by atoms with Crippen molar-refractivity contribution in [2.24, 2.45) is 5.92 Å². The SMILES string of the molecule is CCCC(O)C/C=C\C/C=C\C/C=C\C/C=C\CCCC(=O)O[C@@H](CO)COC(=O)CCCCCCCCCCC(C)CC. The zero-order valence-corrected chi connectivity index (χ0v) is 28.4. The van der Waals surface area contributed by atoms with Gasteiger partial charge in [-0.15, -0.1) is 0 Å². The van der Waals surface area contributed by atoms with Crippen LogP contribution in [0.25, 0.3) is 0 Å². The Hall–Kier alpha value is -2.18. The summed E-state index contributed by atoms with van der Waals surface area (Å²) in [6.07, 6.45) is 35.1. The maximum Gasteiger partial charge on any atom is 0.306 e. The molecule has 0 aliphatic carbocycles. The number of ether oxygens (including phenoxy) is 2. The van der Waals surface area contributed by atoms with Crippen molar-refractivity contribution in [1.29, 1.82) is 0 Å². The van der Waals surface area contributed by atoms with E-state index in [0.29, 0.717) is 12.8 Å². The van der Waals surface area contributed by atoms with Gasteiger partial charge in [-0.2, -0.15) is 0 Å². The van der Waals surface area contributed by atoms with Crippen LogP contribution in [0, 0.1) is 5.92 Å². The van der Waals surface area contributed by atoms with Crippen LogP contribution in [0.2, 0.25) is 0 Å². The Morgan fingerprint density at radius 1 is 0.682 bits per heavy atom. The minimum atomic E-state index is -0.809. The van der Waals surface area contributed by atoms with Crippen molar-refractivity contribution in [3.05, 3.63) is 48.6 Å².